The zero-order valence-electron chi connectivity index (χ0n) is 39.4. The molecule has 2 N–H and O–H groups in total. The third-order valence-corrected chi connectivity index (χ3v) is 14.2. The number of hydrogen-bond acceptors (Lipinski definition) is 11. The van der Waals surface area contributed by atoms with Gasteiger partial charge in [-0.1, -0.05) is 31.9 Å². The molecule has 0 spiro atoms. The van der Waals surface area contributed by atoms with E-state index in [2.05, 4.69) is 78.3 Å². The molecule has 0 unspecified atom stereocenters. The summed E-state index contributed by atoms with van der Waals surface area (Å²) in [5, 5.41) is 16.5. The summed E-state index contributed by atoms with van der Waals surface area (Å²) in [4.78, 5) is 0. The molecule has 426 valence electrons. The van der Waals surface area contributed by atoms with Crippen LogP contribution in [0, 0.1) is 69.8 Å². The summed E-state index contributed by atoms with van der Waals surface area (Å²) in [5.74, 6) is -19.2. The Morgan fingerprint density at radius 2 is 0.589 bits per heavy atom. The highest BCUT2D eigenvalue weighted by Crippen LogP contribution is 2.59. The van der Waals surface area contributed by atoms with Gasteiger partial charge < -0.3 is 41.9 Å². The zero-order chi connectivity index (χ0) is 57.4. The normalized spacial score (nSPS) is 11.2. The van der Waals surface area contributed by atoms with E-state index in [1.807, 2.05) is 20.8 Å². The summed E-state index contributed by atoms with van der Waals surface area (Å²) in [6, 6.07) is 0. The van der Waals surface area contributed by atoms with Gasteiger partial charge in [0.25, 0.3) is 0 Å². The molecule has 0 aromatic heterocycles. The second-order valence-electron chi connectivity index (χ2n) is 12.2. The van der Waals surface area contributed by atoms with E-state index in [0.717, 1.165) is 0 Å². The summed E-state index contributed by atoms with van der Waals surface area (Å²) >= 11 is 24.5. The predicted octanol–water partition coefficient (Wildman–Crippen LogP) is 18.2. The Hall–Kier alpha value is 0.760. The Morgan fingerprint density at radius 3 is 0.740 bits per heavy atom. The first kappa shape index (κ1) is 78.0. The number of halogens is 19. The number of aliphatic hydroxyl groups excluding tert-OH is 2. The van der Waals surface area contributed by atoms with Crippen molar-refractivity contribution < 1.29 is 104 Å². The fourth-order valence-corrected chi connectivity index (χ4v) is 10.1. The minimum absolute atomic E-state index is 0.102. The number of rotatable bonds is 22. The van der Waals surface area contributed by atoms with E-state index in [1.54, 1.807) is 0 Å². The highest BCUT2D eigenvalue weighted by molar-refractivity contribution is 9.93. The molecule has 0 aliphatic rings. The largest absolute Gasteiger partial charge is 0.391 e. The van der Waals surface area contributed by atoms with Crippen molar-refractivity contribution >= 4 is 129 Å². The maximum atomic E-state index is 14.5. The van der Waals surface area contributed by atoms with Gasteiger partial charge in [-0.2, -0.15) is 0 Å². The molecule has 0 fully saturated rings. The Morgan fingerprint density at radius 1 is 0.411 bits per heavy atom. The summed E-state index contributed by atoms with van der Waals surface area (Å²) < 4.78 is 221. The molecule has 0 saturated heterocycles. The maximum Gasteiger partial charge on any atom is 0.335 e. The van der Waals surface area contributed by atoms with Gasteiger partial charge in [0.05, 0.1) is 88.3 Å². The molecule has 0 heterocycles. The third kappa shape index (κ3) is 27.2. The molecular formula is C39H51Br5Cl2F12O11P4. The molecular weight excluding hydrogens is 1470 g/mol. The average Bonchev–Trinajstić information content (AvgIpc) is 3.32. The lowest BCUT2D eigenvalue weighted by Gasteiger charge is -2.20. The van der Waals surface area contributed by atoms with Crippen molar-refractivity contribution in [3.8, 4) is 0 Å². The number of benzene rings is 3. The quantitative estimate of drug-likeness (QED) is 0.0430. The van der Waals surface area contributed by atoms with E-state index in [1.165, 1.54) is 27.7 Å². The van der Waals surface area contributed by atoms with Crippen LogP contribution < -0.4 is 0 Å². The van der Waals surface area contributed by atoms with Gasteiger partial charge in [-0.3, -0.25) is 9.13 Å². The van der Waals surface area contributed by atoms with E-state index in [9.17, 15) is 61.8 Å². The summed E-state index contributed by atoms with van der Waals surface area (Å²) in [6.45, 7) is 10.9. The van der Waals surface area contributed by atoms with Crippen LogP contribution in [0.25, 0.3) is 0 Å². The molecule has 73 heavy (non-hydrogen) atoms. The van der Waals surface area contributed by atoms with Gasteiger partial charge in [-0.25, -0.2) is 52.7 Å². The number of hydrogen-bond donors (Lipinski definition) is 2. The van der Waals surface area contributed by atoms with E-state index in [4.69, 9.17) is 65.1 Å². The smallest absolute Gasteiger partial charge is 0.335 e. The second kappa shape index (κ2) is 42.6. The Bertz CT molecular complexity index is 1870. The molecule has 34 heteroatoms. The van der Waals surface area contributed by atoms with Crippen molar-refractivity contribution in [1.82, 2.24) is 0 Å². The van der Waals surface area contributed by atoms with Gasteiger partial charge in [0.15, 0.2) is 69.8 Å². The van der Waals surface area contributed by atoms with Crippen molar-refractivity contribution in [3.05, 3.63) is 103 Å². The zero-order valence-corrected chi connectivity index (χ0v) is 52.5. The highest BCUT2D eigenvalue weighted by Gasteiger charge is 2.36. The summed E-state index contributed by atoms with van der Waals surface area (Å²) in [7, 11) is -9.12. The predicted molar refractivity (Wildman–Crippen MR) is 277 cm³/mol. The van der Waals surface area contributed by atoms with E-state index in [0.29, 0.717) is 19.8 Å². The van der Waals surface area contributed by atoms with Crippen LogP contribution in [0.2, 0.25) is 0 Å². The van der Waals surface area contributed by atoms with Gasteiger partial charge in [0.1, 0.15) is 4.03 Å². The lowest BCUT2D eigenvalue weighted by molar-refractivity contribution is 0.176. The van der Waals surface area contributed by atoms with Crippen LogP contribution in [0.4, 0.5) is 52.7 Å². The molecule has 0 bridgehead atoms. The maximum absolute atomic E-state index is 14.5. The molecule has 0 saturated carbocycles. The van der Waals surface area contributed by atoms with Gasteiger partial charge in [-0.05, 0) is 94.9 Å². The first-order valence-corrected chi connectivity index (χ1v) is 35.6. The Balaban J connectivity index is -0.000000918. The monoisotopic (exact) mass is 1510 g/mol. The minimum atomic E-state index is -4.03. The van der Waals surface area contributed by atoms with E-state index in [-0.39, 0.29) is 46.5 Å². The van der Waals surface area contributed by atoms with Crippen molar-refractivity contribution in [2.45, 2.75) is 84.7 Å². The molecule has 3 aromatic rings. The van der Waals surface area contributed by atoms with Gasteiger partial charge in [-0.15, -0.1) is 23.2 Å². The number of aliphatic hydroxyl groups is 2. The van der Waals surface area contributed by atoms with Crippen molar-refractivity contribution in [3.63, 3.8) is 0 Å². The lowest BCUT2D eigenvalue weighted by atomic mass is 10.1. The fourth-order valence-electron chi connectivity index (χ4n) is 4.82. The second-order valence-corrected chi connectivity index (χ2v) is 34.8. The molecule has 3 aromatic carbocycles. The van der Waals surface area contributed by atoms with Crippen LogP contribution in [-0.4, -0.2) is 61.8 Å². The van der Waals surface area contributed by atoms with Crippen LogP contribution in [-0.2, 0) is 77.0 Å². The summed E-state index contributed by atoms with van der Waals surface area (Å²) in [6.07, 6.45) is -2.01. The van der Waals surface area contributed by atoms with Gasteiger partial charge >= 0.3 is 23.8 Å². The third-order valence-electron chi connectivity index (χ3n) is 7.63. The van der Waals surface area contributed by atoms with Gasteiger partial charge in [0, 0.05) is 32.9 Å². The molecule has 0 aliphatic carbocycles. The molecule has 0 aliphatic heterocycles. The lowest BCUT2D eigenvalue weighted by Crippen LogP contribution is -2.12. The van der Waals surface area contributed by atoms with Crippen LogP contribution in [0.3, 0.4) is 0 Å². The van der Waals surface area contributed by atoms with Gasteiger partial charge in [0.2, 0.25) is 0 Å². The van der Waals surface area contributed by atoms with Crippen LogP contribution in [0.15, 0.2) is 0 Å². The highest BCUT2D eigenvalue weighted by atomic mass is 80.0. The molecule has 11 nitrogen and oxygen atoms in total. The van der Waals surface area contributed by atoms with E-state index < -0.39 is 153 Å². The standard InChI is InChI=1S/C16H24F4O6P2.C8H4Br2F4.C8H6F4O2.C6H15O3P.CH2Cl2.Br3P/c1-5-23-27(21,24-6-2)9-11-13(17)15(19)12(16(20)14(11)18)10-28(22,25-7-3)26-8-4;9-1-3-5(11)7(13)4(2-10)8(14)6(3)12;9-5-3(1-13)6(10)8(12)4(2-14)7(5)11;1-4-7-10(8-5-2)9-6-3;2-1-3;1-4(2)3/h5-10H2,1-4H3;1-2H2;13-14H,1-2H2;4-6H2,1-3H3;1H2;. The Labute approximate surface area is 469 Å². The van der Waals surface area contributed by atoms with Crippen LogP contribution in [0.5, 0.6) is 0 Å². The first-order valence-electron chi connectivity index (χ1n) is 20.3. The van der Waals surface area contributed by atoms with Crippen LogP contribution >= 0.6 is 129 Å². The Kier molecular flexibility index (Phi) is 45.5. The molecule has 0 amide bonds. The summed E-state index contributed by atoms with van der Waals surface area (Å²) in [5.41, 5.74) is -5.68. The number of alkyl halides is 4. The first-order chi connectivity index (χ1) is 34.1. The molecule has 0 radical (unpaired) electrons. The SMILES string of the molecule is BrP(Br)Br.CCOP(=O)(Cc1c(F)c(F)c(CP(=O)(OCC)OCC)c(F)c1F)OCC.CCOP(OCC)OCC.ClCCl.Fc1c(F)c(CBr)c(F)c(F)c1CBr.OCc1c(F)c(F)c(CO)c(F)c1F. The van der Waals surface area contributed by atoms with Crippen LogP contribution in [0.1, 0.15) is 81.8 Å². The van der Waals surface area contributed by atoms with Crippen molar-refractivity contribution in [2.24, 2.45) is 0 Å². The van der Waals surface area contributed by atoms with Crippen molar-refractivity contribution in [2.75, 3.05) is 51.6 Å². The molecule has 3 rings (SSSR count). The average molecular weight is 1520 g/mol. The minimum Gasteiger partial charge on any atom is -0.391 e. The fraction of sp³-hybridized carbons (Fsp3) is 0.538. The van der Waals surface area contributed by atoms with E-state index >= 15 is 0 Å². The molecule has 0 atom stereocenters. The topological polar surface area (TPSA) is 139 Å². The van der Waals surface area contributed by atoms with Crippen molar-refractivity contribution in [1.29, 1.82) is 0 Å².